The molecule has 0 aliphatic carbocycles. The van der Waals surface area contributed by atoms with E-state index in [1.54, 1.807) is 0 Å². The summed E-state index contributed by atoms with van der Waals surface area (Å²) in [6.45, 7) is 3.66. The molecule has 1 unspecified atom stereocenters. The van der Waals surface area contributed by atoms with Crippen LogP contribution in [0, 0.1) is 5.92 Å². The van der Waals surface area contributed by atoms with E-state index in [9.17, 15) is 9.59 Å². The Bertz CT molecular complexity index is 168. The quantitative estimate of drug-likeness (QED) is 0.623. The fourth-order valence-electron chi connectivity index (χ4n) is 0.828. The van der Waals surface area contributed by atoms with Crippen LogP contribution in [0.5, 0.6) is 0 Å². The van der Waals surface area contributed by atoms with E-state index in [2.05, 4.69) is 10.1 Å². The molecule has 0 aliphatic heterocycles. The van der Waals surface area contributed by atoms with Gasteiger partial charge in [-0.1, -0.05) is 6.92 Å². The maximum atomic E-state index is 11.0. The monoisotopic (exact) mass is 173 g/mol. The fraction of sp³-hybridized carbons (Fsp3) is 0.750. The molecule has 12 heavy (non-hydrogen) atoms. The van der Waals surface area contributed by atoms with Crippen molar-refractivity contribution in [3.05, 3.63) is 0 Å². The standard InChI is InChI=1S/C8H15NO3/c1-4-7(8(11)12-3)5-9-6(2)10/h7H,4-5H2,1-3H3,(H,9,10). The molecule has 1 N–H and O–H groups in total. The maximum Gasteiger partial charge on any atom is 0.310 e. The van der Waals surface area contributed by atoms with Gasteiger partial charge in [0.15, 0.2) is 0 Å². The van der Waals surface area contributed by atoms with Gasteiger partial charge < -0.3 is 10.1 Å². The van der Waals surface area contributed by atoms with Gasteiger partial charge in [0.05, 0.1) is 13.0 Å². The van der Waals surface area contributed by atoms with Crippen molar-refractivity contribution >= 4 is 11.9 Å². The van der Waals surface area contributed by atoms with Gasteiger partial charge in [-0.3, -0.25) is 9.59 Å². The Balaban J connectivity index is 3.83. The first-order valence-corrected chi connectivity index (χ1v) is 3.94. The van der Waals surface area contributed by atoms with Crippen LogP contribution in [0.15, 0.2) is 0 Å². The molecule has 0 rings (SSSR count). The van der Waals surface area contributed by atoms with Gasteiger partial charge >= 0.3 is 5.97 Å². The number of hydrogen-bond donors (Lipinski definition) is 1. The van der Waals surface area contributed by atoms with Gasteiger partial charge in [-0.15, -0.1) is 0 Å². The van der Waals surface area contributed by atoms with E-state index in [-0.39, 0.29) is 17.8 Å². The van der Waals surface area contributed by atoms with Crippen LogP contribution in [0.4, 0.5) is 0 Å². The third kappa shape index (κ3) is 3.95. The number of nitrogens with one attached hydrogen (secondary N) is 1. The number of methoxy groups -OCH3 is 1. The molecular weight excluding hydrogens is 158 g/mol. The van der Waals surface area contributed by atoms with Gasteiger partial charge in [0.25, 0.3) is 0 Å². The van der Waals surface area contributed by atoms with Crippen LogP contribution in [0.25, 0.3) is 0 Å². The molecule has 0 fully saturated rings. The highest BCUT2D eigenvalue weighted by Gasteiger charge is 2.16. The molecule has 0 aromatic carbocycles. The van der Waals surface area contributed by atoms with Gasteiger partial charge in [0, 0.05) is 13.5 Å². The minimum absolute atomic E-state index is 0.127. The number of rotatable bonds is 4. The summed E-state index contributed by atoms with van der Waals surface area (Å²) in [4.78, 5) is 21.5. The Morgan fingerprint density at radius 2 is 2.08 bits per heavy atom. The number of carbonyl (C=O) groups is 2. The second kappa shape index (κ2) is 5.57. The third-order valence-electron chi connectivity index (χ3n) is 1.62. The van der Waals surface area contributed by atoms with Crippen LogP contribution in [-0.2, 0) is 14.3 Å². The molecular formula is C8H15NO3. The largest absolute Gasteiger partial charge is 0.469 e. The zero-order valence-electron chi connectivity index (χ0n) is 7.72. The highest BCUT2D eigenvalue weighted by molar-refractivity contribution is 5.75. The fourth-order valence-corrected chi connectivity index (χ4v) is 0.828. The van der Waals surface area contributed by atoms with Crippen LogP contribution in [0.2, 0.25) is 0 Å². The molecule has 4 nitrogen and oxygen atoms in total. The SMILES string of the molecule is CCC(CNC(C)=O)C(=O)OC. The average molecular weight is 173 g/mol. The average Bonchev–Trinajstić information content (AvgIpc) is 2.04. The first kappa shape index (κ1) is 10.9. The smallest absolute Gasteiger partial charge is 0.310 e. The van der Waals surface area contributed by atoms with E-state index in [0.717, 1.165) is 0 Å². The Labute approximate surface area is 72.3 Å². The lowest BCUT2D eigenvalue weighted by Gasteiger charge is -2.11. The second-order valence-electron chi connectivity index (χ2n) is 2.57. The molecule has 0 aromatic heterocycles. The van der Waals surface area contributed by atoms with Crippen molar-refractivity contribution in [2.75, 3.05) is 13.7 Å². The lowest BCUT2D eigenvalue weighted by atomic mass is 10.1. The normalized spacial score (nSPS) is 11.9. The molecule has 0 aliphatic rings. The molecule has 1 atom stereocenters. The Morgan fingerprint density at radius 1 is 1.50 bits per heavy atom. The van der Waals surface area contributed by atoms with Crippen LogP contribution in [0.3, 0.4) is 0 Å². The number of amides is 1. The van der Waals surface area contributed by atoms with Crippen molar-refractivity contribution in [2.45, 2.75) is 20.3 Å². The Kier molecular flexibility index (Phi) is 5.08. The third-order valence-corrected chi connectivity index (χ3v) is 1.62. The van der Waals surface area contributed by atoms with Gasteiger partial charge in [-0.2, -0.15) is 0 Å². The van der Waals surface area contributed by atoms with E-state index in [0.29, 0.717) is 13.0 Å². The Hall–Kier alpha value is -1.06. The zero-order valence-corrected chi connectivity index (χ0v) is 7.72. The molecule has 0 radical (unpaired) electrons. The van der Waals surface area contributed by atoms with Gasteiger partial charge in [-0.05, 0) is 6.42 Å². The molecule has 0 saturated heterocycles. The summed E-state index contributed by atoms with van der Waals surface area (Å²) >= 11 is 0. The molecule has 1 amide bonds. The van der Waals surface area contributed by atoms with Gasteiger partial charge in [0.2, 0.25) is 5.91 Å². The summed E-state index contributed by atoms with van der Waals surface area (Å²) in [6.07, 6.45) is 0.674. The minimum atomic E-state index is -0.272. The van der Waals surface area contributed by atoms with E-state index >= 15 is 0 Å². The molecule has 0 heterocycles. The summed E-state index contributed by atoms with van der Waals surface area (Å²) < 4.78 is 4.55. The first-order chi connectivity index (χ1) is 5.61. The number of esters is 1. The summed E-state index contributed by atoms with van der Waals surface area (Å²) in [6, 6.07) is 0. The number of ether oxygens (including phenoxy) is 1. The molecule has 0 spiro atoms. The van der Waals surface area contributed by atoms with Crippen LogP contribution in [-0.4, -0.2) is 25.5 Å². The predicted molar refractivity (Wildman–Crippen MR) is 44.5 cm³/mol. The first-order valence-electron chi connectivity index (χ1n) is 3.94. The molecule has 0 saturated carbocycles. The lowest BCUT2D eigenvalue weighted by Crippen LogP contribution is -2.31. The topological polar surface area (TPSA) is 55.4 Å². The van der Waals surface area contributed by atoms with E-state index in [4.69, 9.17) is 0 Å². The van der Waals surface area contributed by atoms with Crippen LogP contribution < -0.4 is 5.32 Å². The lowest BCUT2D eigenvalue weighted by molar-refractivity contribution is -0.145. The summed E-state index contributed by atoms with van der Waals surface area (Å²) in [5.41, 5.74) is 0. The molecule has 70 valence electrons. The summed E-state index contributed by atoms with van der Waals surface area (Å²) in [7, 11) is 1.35. The molecule has 4 heteroatoms. The highest BCUT2D eigenvalue weighted by atomic mass is 16.5. The van der Waals surface area contributed by atoms with E-state index in [1.807, 2.05) is 6.92 Å². The summed E-state index contributed by atoms with van der Waals surface area (Å²) in [5, 5.41) is 2.57. The van der Waals surface area contributed by atoms with Crippen molar-refractivity contribution in [1.29, 1.82) is 0 Å². The van der Waals surface area contributed by atoms with Gasteiger partial charge in [-0.25, -0.2) is 0 Å². The zero-order chi connectivity index (χ0) is 9.56. The second-order valence-corrected chi connectivity index (χ2v) is 2.57. The minimum Gasteiger partial charge on any atom is -0.469 e. The van der Waals surface area contributed by atoms with E-state index < -0.39 is 0 Å². The molecule has 0 bridgehead atoms. The highest BCUT2D eigenvalue weighted by Crippen LogP contribution is 2.02. The molecule has 0 aromatic rings. The van der Waals surface area contributed by atoms with Crippen LogP contribution in [0.1, 0.15) is 20.3 Å². The van der Waals surface area contributed by atoms with Crippen molar-refractivity contribution in [3.63, 3.8) is 0 Å². The van der Waals surface area contributed by atoms with Crippen LogP contribution >= 0.6 is 0 Å². The van der Waals surface area contributed by atoms with E-state index in [1.165, 1.54) is 14.0 Å². The van der Waals surface area contributed by atoms with Gasteiger partial charge in [0.1, 0.15) is 0 Å². The Morgan fingerprint density at radius 3 is 2.42 bits per heavy atom. The number of hydrogen-bond acceptors (Lipinski definition) is 3. The van der Waals surface area contributed by atoms with Crippen molar-refractivity contribution < 1.29 is 14.3 Å². The summed E-state index contributed by atoms with van der Waals surface area (Å²) in [5.74, 6) is -0.623. The van der Waals surface area contributed by atoms with Crippen molar-refractivity contribution in [2.24, 2.45) is 5.92 Å². The maximum absolute atomic E-state index is 11.0. The number of carbonyl (C=O) groups excluding carboxylic acids is 2. The van der Waals surface area contributed by atoms with Crippen molar-refractivity contribution in [1.82, 2.24) is 5.32 Å². The predicted octanol–water partition coefficient (Wildman–Crippen LogP) is 0.322. The van der Waals surface area contributed by atoms with Crippen molar-refractivity contribution in [3.8, 4) is 0 Å².